The number of carbonyl (C=O) groups is 1. The van der Waals surface area contributed by atoms with E-state index >= 15 is 0 Å². The topological polar surface area (TPSA) is 55.1 Å². The summed E-state index contributed by atoms with van der Waals surface area (Å²) >= 11 is 0. The van der Waals surface area contributed by atoms with E-state index < -0.39 is 0 Å². The van der Waals surface area contributed by atoms with Crippen LogP contribution in [0, 0.1) is 5.92 Å². The Morgan fingerprint density at radius 3 is 2.90 bits per heavy atom. The van der Waals surface area contributed by atoms with Crippen molar-refractivity contribution in [2.75, 3.05) is 5.73 Å². The van der Waals surface area contributed by atoms with E-state index in [0.717, 1.165) is 12.0 Å². The standard InChI is InChI=1S/C17H24N2O/c1-13-6-3-2-4-9-16(13)19-17(20)11-10-14-7-5-8-15(18)12-14/h5,7-8,10-13,16H,2-4,6,9,18H2,1H3,(H,19,20)/b11-10+. The summed E-state index contributed by atoms with van der Waals surface area (Å²) in [5, 5.41) is 3.14. The van der Waals surface area contributed by atoms with Crippen LogP contribution < -0.4 is 11.1 Å². The third-order valence-electron chi connectivity index (χ3n) is 4.03. The number of carbonyl (C=O) groups excluding carboxylic acids is 1. The molecular formula is C17H24N2O. The van der Waals surface area contributed by atoms with Gasteiger partial charge < -0.3 is 11.1 Å². The maximum Gasteiger partial charge on any atom is 0.244 e. The van der Waals surface area contributed by atoms with Gasteiger partial charge in [0, 0.05) is 17.8 Å². The predicted octanol–water partition coefficient (Wildman–Crippen LogP) is 3.37. The van der Waals surface area contributed by atoms with Crippen LogP contribution in [0.2, 0.25) is 0 Å². The summed E-state index contributed by atoms with van der Waals surface area (Å²) < 4.78 is 0. The van der Waals surface area contributed by atoms with E-state index in [4.69, 9.17) is 5.73 Å². The monoisotopic (exact) mass is 272 g/mol. The van der Waals surface area contributed by atoms with Crippen LogP contribution in [0.15, 0.2) is 30.3 Å². The van der Waals surface area contributed by atoms with Crippen LogP contribution in [0.4, 0.5) is 5.69 Å². The molecule has 108 valence electrons. The van der Waals surface area contributed by atoms with Gasteiger partial charge in [0.05, 0.1) is 0 Å². The van der Waals surface area contributed by atoms with Gasteiger partial charge in [-0.25, -0.2) is 0 Å². The molecule has 0 aliphatic heterocycles. The van der Waals surface area contributed by atoms with E-state index in [1.807, 2.05) is 30.3 Å². The van der Waals surface area contributed by atoms with Crippen molar-refractivity contribution < 1.29 is 4.79 Å². The number of hydrogen-bond donors (Lipinski definition) is 2. The number of anilines is 1. The smallest absolute Gasteiger partial charge is 0.244 e. The number of benzene rings is 1. The first-order chi connectivity index (χ1) is 9.65. The Morgan fingerprint density at radius 2 is 2.10 bits per heavy atom. The molecule has 1 aromatic carbocycles. The summed E-state index contributed by atoms with van der Waals surface area (Å²) in [5.41, 5.74) is 7.38. The third-order valence-corrected chi connectivity index (χ3v) is 4.03. The molecule has 3 N–H and O–H groups in total. The van der Waals surface area contributed by atoms with E-state index in [1.165, 1.54) is 25.7 Å². The van der Waals surface area contributed by atoms with E-state index in [0.29, 0.717) is 17.6 Å². The number of nitrogens with two attached hydrogens (primary N) is 1. The molecule has 1 amide bonds. The van der Waals surface area contributed by atoms with Crippen LogP contribution in [-0.2, 0) is 4.79 Å². The molecular weight excluding hydrogens is 248 g/mol. The minimum absolute atomic E-state index is 0.00817. The molecule has 1 aromatic rings. The minimum Gasteiger partial charge on any atom is -0.399 e. The lowest BCUT2D eigenvalue weighted by molar-refractivity contribution is -0.117. The molecule has 1 saturated carbocycles. The van der Waals surface area contributed by atoms with Gasteiger partial charge in [0.25, 0.3) is 0 Å². The zero-order valence-electron chi connectivity index (χ0n) is 12.1. The Morgan fingerprint density at radius 1 is 1.30 bits per heavy atom. The Kier molecular flexibility index (Phi) is 5.22. The van der Waals surface area contributed by atoms with Crippen molar-refractivity contribution in [2.45, 2.75) is 45.1 Å². The second-order valence-electron chi connectivity index (χ2n) is 5.73. The lowest BCUT2D eigenvalue weighted by atomic mass is 9.97. The van der Waals surface area contributed by atoms with Crippen LogP contribution in [0.3, 0.4) is 0 Å². The van der Waals surface area contributed by atoms with Gasteiger partial charge in [-0.15, -0.1) is 0 Å². The summed E-state index contributed by atoms with van der Waals surface area (Å²) in [6.07, 6.45) is 9.51. The SMILES string of the molecule is CC1CCCCCC1NC(=O)/C=C/c1cccc(N)c1. The summed E-state index contributed by atoms with van der Waals surface area (Å²) in [6.45, 7) is 2.23. The summed E-state index contributed by atoms with van der Waals surface area (Å²) in [7, 11) is 0. The highest BCUT2D eigenvalue weighted by molar-refractivity contribution is 5.92. The molecule has 2 rings (SSSR count). The van der Waals surface area contributed by atoms with Crippen LogP contribution in [-0.4, -0.2) is 11.9 Å². The van der Waals surface area contributed by atoms with E-state index in [-0.39, 0.29) is 5.91 Å². The Labute approximate surface area is 121 Å². The van der Waals surface area contributed by atoms with Crippen molar-refractivity contribution in [3.8, 4) is 0 Å². The normalized spacial score (nSPS) is 23.4. The number of nitrogens with one attached hydrogen (secondary N) is 1. The fourth-order valence-corrected chi connectivity index (χ4v) is 2.77. The molecule has 0 saturated heterocycles. The molecule has 2 unspecified atom stereocenters. The molecule has 0 aromatic heterocycles. The lowest BCUT2D eigenvalue weighted by Crippen LogP contribution is -2.37. The van der Waals surface area contributed by atoms with Gasteiger partial charge >= 0.3 is 0 Å². The fourth-order valence-electron chi connectivity index (χ4n) is 2.77. The zero-order valence-corrected chi connectivity index (χ0v) is 12.1. The van der Waals surface area contributed by atoms with Crippen molar-refractivity contribution >= 4 is 17.7 Å². The first kappa shape index (κ1) is 14.6. The highest BCUT2D eigenvalue weighted by Gasteiger charge is 2.20. The van der Waals surface area contributed by atoms with Crippen LogP contribution in [0.25, 0.3) is 6.08 Å². The molecule has 0 radical (unpaired) electrons. The number of amides is 1. The molecule has 1 aliphatic carbocycles. The van der Waals surface area contributed by atoms with E-state index in [1.54, 1.807) is 6.08 Å². The van der Waals surface area contributed by atoms with Crippen LogP contribution >= 0.6 is 0 Å². The Bertz CT molecular complexity index is 482. The van der Waals surface area contributed by atoms with Crippen LogP contribution in [0.1, 0.15) is 44.6 Å². The molecule has 0 heterocycles. The summed E-state index contributed by atoms with van der Waals surface area (Å²) in [6, 6.07) is 7.84. The molecule has 0 spiro atoms. The second kappa shape index (κ2) is 7.13. The van der Waals surface area contributed by atoms with Gasteiger partial charge in [-0.05, 0) is 42.5 Å². The first-order valence-electron chi connectivity index (χ1n) is 7.49. The quantitative estimate of drug-likeness (QED) is 0.503. The Balaban J connectivity index is 1.91. The molecule has 1 aliphatic rings. The van der Waals surface area contributed by atoms with Gasteiger partial charge in [0.1, 0.15) is 0 Å². The van der Waals surface area contributed by atoms with Gasteiger partial charge in [-0.2, -0.15) is 0 Å². The van der Waals surface area contributed by atoms with Gasteiger partial charge in [-0.1, -0.05) is 38.3 Å². The third kappa shape index (κ3) is 4.41. The highest BCUT2D eigenvalue weighted by atomic mass is 16.1. The largest absolute Gasteiger partial charge is 0.399 e. The molecule has 20 heavy (non-hydrogen) atoms. The first-order valence-corrected chi connectivity index (χ1v) is 7.49. The van der Waals surface area contributed by atoms with Crippen molar-refractivity contribution in [1.82, 2.24) is 5.32 Å². The highest BCUT2D eigenvalue weighted by Crippen LogP contribution is 2.22. The van der Waals surface area contributed by atoms with Gasteiger partial charge in [0.15, 0.2) is 0 Å². The predicted molar refractivity (Wildman–Crippen MR) is 84.1 cm³/mol. The van der Waals surface area contributed by atoms with E-state index in [2.05, 4.69) is 12.2 Å². The molecule has 3 nitrogen and oxygen atoms in total. The molecule has 1 fully saturated rings. The van der Waals surface area contributed by atoms with Crippen molar-refractivity contribution in [1.29, 1.82) is 0 Å². The maximum absolute atomic E-state index is 12.0. The minimum atomic E-state index is -0.00817. The average Bonchev–Trinajstić information content (AvgIpc) is 2.62. The van der Waals surface area contributed by atoms with Gasteiger partial charge in [-0.3, -0.25) is 4.79 Å². The second-order valence-corrected chi connectivity index (χ2v) is 5.73. The van der Waals surface area contributed by atoms with Crippen LogP contribution in [0.5, 0.6) is 0 Å². The van der Waals surface area contributed by atoms with Crippen molar-refractivity contribution in [3.63, 3.8) is 0 Å². The number of rotatable bonds is 3. The molecule has 0 bridgehead atoms. The fraction of sp³-hybridized carbons (Fsp3) is 0.471. The number of nitrogen functional groups attached to an aromatic ring is 1. The maximum atomic E-state index is 12.0. The Hall–Kier alpha value is -1.77. The molecule has 3 heteroatoms. The summed E-state index contributed by atoms with van der Waals surface area (Å²) in [4.78, 5) is 12.0. The van der Waals surface area contributed by atoms with Gasteiger partial charge in [0.2, 0.25) is 5.91 Å². The lowest BCUT2D eigenvalue weighted by Gasteiger charge is -2.21. The van der Waals surface area contributed by atoms with Crippen molar-refractivity contribution in [3.05, 3.63) is 35.9 Å². The van der Waals surface area contributed by atoms with E-state index in [9.17, 15) is 4.79 Å². The molecule has 2 atom stereocenters. The summed E-state index contributed by atoms with van der Waals surface area (Å²) in [5.74, 6) is 0.563. The average molecular weight is 272 g/mol. The van der Waals surface area contributed by atoms with Crippen molar-refractivity contribution in [2.24, 2.45) is 5.92 Å². The zero-order chi connectivity index (χ0) is 14.4. The number of hydrogen-bond acceptors (Lipinski definition) is 2.